The van der Waals surface area contributed by atoms with E-state index in [4.69, 9.17) is 9.52 Å². The Morgan fingerprint density at radius 3 is 2.71 bits per heavy atom. The Labute approximate surface area is 81.3 Å². The average molecular weight is 196 g/mol. The van der Waals surface area contributed by atoms with Crippen LogP contribution in [0.5, 0.6) is 5.95 Å². The standard InChI is InChI=1S/C9H12N2O3/c12-8-2-1-7(14-8)9(13)11-5-3-10-4-6-11/h1-2,10,12H,3-6H2. The van der Waals surface area contributed by atoms with Crippen molar-refractivity contribution in [2.45, 2.75) is 0 Å². The second kappa shape index (κ2) is 3.71. The van der Waals surface area contributed by atoms with E-state index < -0.39 is 0 Å². The molecule has 0 bridgehead atoms. The summed E-state index contributed by atoms with van der Waals surface area (Å²) >= 11 is 0. The number of hydrogen-bond acceptors (Lipinski definition) is 4. The van der Waals surface area contributed by atoms with Gasteiger partial charge in [-0.25, -0.2) is 0 Å². The first-order valence-corrected chi connectivity index (χ1v) is 4.56. The van der Waals surface area contributed by atoms with Crippen molar-refractivity contribution in [2.75, 3.05) is 26.2 Å². The van der Waals surface area contributed by atoms with Crippen molar-refractivity contribution in [3.8, 4) is 5.95 Å². The molecule has 1 aromatic rings. The molecule has 76 valence electrons. The van der Waals surface area contributed by atoms with Crippen LogP contribution in [0.2, 0.25) is 0 Å². The summed E-state index contributed by atoms with van der Waals surface area (Å²) in [6.07, 6.45) is 0. The highest BCUT2D eigenvalue weighted by Crippen LogP contribution is 2.15. The van der Waals surface area contributed by atoms with Crippen LogP contribution in [0.15, 0.2) is 16.5 Å². The van der Waals surface area contributed by atoms with Crippen LogP contribution < -0.4 is 5.32 Å². The number of nitrogens with one attached hydrogen (secondary N) is 1. The Kier molecular flexibility index (Phi) is 2.41. The molecule has 5 heteroatoms. The molecule has 5 nitrogen and oxygen atoms in total. The molecule has 1 aromatic heterocycles. The fourth-order valence-corrected chi connectivity index (χ4v) is 1.47. The zero-order valence-electron chi connectivity index (χ0n) is 7.69. The second-order valence-corrected chi connectivity index (χ2v) is 3.18. The van der Waals surface area contributed by atoms with Gasteiger partial charge >= 0.3 is 0 Å². The molecule has 2 rings (SSSR count). The SMILES string of the molecule is O=C(c1ccc(O)o1)N1CCNCC1. The molecule has 1 aliphatic rings. The van der Waals surface area contributed by atoms with E-state index in [9.17, 15) is 4.79 Å². The van der Waals surface area contributed by atoms with Gasteiger partial charge in [-0.15, -0.1) is 0 Å². The first-order valence-electron chi connectivity index (χ1n) is 4.56. The number of rotatable bonds is 1. The van der Waals surface area contributed by atoms with Gasteiger partial charge < -0.3 is 19.7 Å². The number of carbonyl (C=O) groups excluding carboxylic acids is 1. The highest BCUT2D eigenvalue weighted by molar-refractivity contribution is 5.91. The van der Waals surface area contributed by atoms with Gasteiger partial charge in [0.05, 0.1) is 0 Å². The van der Waals surface area contributed by atoms with Crippen molar-refractivity contribution in [3.05, 3.63) is 17.9 Å². The van der Waals surface area contributed by atoms with Gasteiger partial charge in [-0.3, -0.25) is 4.79 Å². The third-order valence-corrected chi connectivity index (χ3v) is 2.21. The summed E-state index contributed by atoms with van der Waals surface area (Å²) in [6, 6.07) is 2.86. The molecule has 1 amide bonds. The molecule has 1 fully saturated rings. The molecule has 0 spiro atoms. The summed E-state index contributed by atoms with van der Waals surface area (Å²) in [5.41, 5.74) is 0. The minimum absolute atomic E-state index is 0.160. The largest absolute Gasteiger partial charge is 0.481 e. The van der Waals surface area contributed by atoms with Gasteiger partial charge in [-0.2, -0.15) is 0 Å². The monoisotopic (exact) mass is 196 g/mol. The van der Waals surface area contributed by atoms with Crippen LogP contribution in [0.4, 0.5) is 0 Å². The van der Waals surface area contributed by atoms with E-state index in [0.29, 0.717) is 13.1 Å². The Hall–Kier alpha value is -1.49. The quantitative estimate of drug-likeness (QED) is 0.665. The van der Waals surface area contributed by atoms with Crippen LogP contribution >= 0.6 is 0 Å². The van der Waals surface area contributed by atoms with Crippen LogP contribution in [-0.2, 0) is 0 Å². The molecule has 2 N–H and O–H groups in total. The van der Waals surface area contributed by atoms with Crippen molar-refractivity contribution in [1.82, 2.24) is 10.2 Å². The van der Waals surface area contributed by atoms with Gasteiger partial charge in [0, 0.05) is 32.2 Å². The number of aromatic hydroxyl groups is 1. The lowest BCUT2D eigenvalue weighted by Crippen LogP contribution is -2.46. The lowest BCUT2D eigenvalue weighted by Gasteiger charge is -2.26. The van der Waals surface area contributed by atoms with Gasteiger partial charge in [0.25, 0.3) is 11.9 Å². The Balaban J connectivity index is 2.07. The molecule has 0 saturated carbocycles. The summed E-state index contributed by atoms with van der Waals surface area (Å²) in [5.74, 6) is -0.181. The molecule has 2 heterocycles. The summed E-state index contributed by atoms with van der Waals surface area (Å²) in [7, 11) is 0. The number of nitrogens with zero attached hydrogens (tertiary/aromatic N) is 1. The fourth-order valence-electron chi connectivity index (χ4n) is 1.47. The maximum atomic E-state index is 11.7. The van der Waals surface area contributed by atoms with Crippen LogP contribution in [-0.4, -0.2) is 42.1 Å². The van der Waals surface area contributed by atoms with E-state index in [1.807, 2.05) is 0 Å². The molecular weight excluding hydrogens is 184 g/mol. The van der Waals surface area contributed by atoms with Crippen molar-refractivity contribution in [2.24, 2.45) is 0 Å². The van der Waals surface area contributed by atoms with E-state index in [2.05, 4.69) is 5.32 Å². The van der Waals surface area contributed by atoms with E-state index in [1.54, 1.807) is 4.90 Å². The zero-order chi connectivity index (χ0) is 9.97. The molecule has 1 aliphatic heterocycles. The van der Waals surface area contributed by atoms with Gasteiger partial charge in [0.2, 0.25) is 0 Å². The van der Waals surface area contributed by atoms with Crippen LogP contribution in [0.3, 0.4) is 0 Å². The third kappa shape index (κ3) is 1.72. The van der Waals surface area contributed by atoms with Gasteiger partial charge in [0.15, 0.2) is 5.76 Å². The van der Waals surface area contributed by atoms with E-state index in [1.165, 1.54) is 12.1 Å². The highest BCUT2D eigenvalue weighted by Gasteiger charge is 2.20. The first-order chi connectivity index (χ1) is 6.77. The maximum absolute atomic E-state index is 11.7. The minimum atomic E-state index is -0.219. The van der Waals surface area contributed by atoms with Crippen molar-refractivity contribution >= 4 is 5.91 Å². The van der Waals surface area contributed by atoms with Crippen molar-refractivity contribution in [1.29, 1.82) is 0 Å². The number of carbonyl (C=O) groups is 1. The topological polar surface area (TPSA) is 65.7 Å². The smallest absolute Gasteiger partial charge is 0.289 e. The van der Waals surface area contributed by atoms with Crippen LogP contribution in [0.1, 0.15) is 10.6 Å². The predicted octanol–water partition coefficient (Wildman–Crippen LogP) is 0.0306. The van der Waals surface area contributed by atoms with Gasteiger partial charge in [-0.1, -0.05) is 0 Å². The lowest BCUT2D eigenvalue weighted by atomic mass is 10.3. The summed E-state index contributed by atoms with van der Waals surface area (Å²) < 4.78 is 4.84. The molecule has 0 radical (unpaired) electrons. The third-order valence-electron chi connectivity index (χ3n) is 2.21. The van der Waals surface area contributed by atoms with E-state index in [-0.39, 0.29) is 17.6 Å². The Morgan fingerprint density at radius 1 is 1.43 bits per heavy atom. The Morgan fingerprint density at radius 2 is 2.14 bits per heavy atom. The second-order valence-electron chi connectivity index (χ2n) is 3.18. The van der Waals surface area contributed by atoms with Crippen molar-refractivity contribution in [3.63, 3.8) is 0 Å². The molecule has 1 saturated heterocycles. The lowest BCUT2D eigenvalue weighted by molar-refractivity contribution is 0.0697. The average Bonchev–Trinajstić information content (AvgIpc) is 2.65. The molecule has 0 unspecified atom stereocenters. The first kappa shape index (κ1) is 9.08. The molecule has 0 aliphatic carbocycles. The highest BCUT2D eigenvalue weighted by atomic mass is 16.5. The normalized spacial score (nSPS) is 17.0. The molecule has 14 heavy (non-hydrogen) atoms. The maximum Gasteiger partial charge on any atom is 0.289 e. The number of amides is 1. The minimum Gasteiger partial charge on any atom is -0.481 e. The van der Waals surface area contributed by atoms with Gasteiger partial charge in [-0.05, 0) is 6.07 Å². The van der Waals surface area contributed by atoms with E-state index >= 15 is 0 Å². The molecule has 0 aromatic carbocycles. The van der Waals surface area contributed by atoms with Crippen LogP contribution in [0, 0.1) is 0 Å². The zero-order valence-corrected chi connectivity index (χ0v) is 7.69. The van der Waals surface area contributed by atoms with E-state index in [0.717, 1.165) is 13.1 Å². The summed E-state index contributed by atoms with van der Waals surface area (Å²) in [4.78, 5) is 13.4. The number of furan rings is 1. The van der Waals surface area contributed by atoms with Gasteiger partial charge in [0.1, 0.15) is 0 Å². The van der Waals surface area contributed by atoms with Crippen LogP contribution in [0.25, 0.3) is 0 Å². The Bertz CT molecular complexity index is 329. The number of piperazine rings is 1. The molecule has 0 atom stereocenters. The predicted molar refractivity (Wildman–Crippen MR) is 49.1 cm³/mol. The fraction of sp³-hybridized carbons (Fsp3) is 0.444. The summed E-state index contributed by atoms with van der Waals surface area (Å²) in [5, 5.41) is 12.1. The van der Waals surface area contributed by atoms with Crippen molar-refractivity contribution < 1.29 is 14.3 Å². The molecular formula is C9H12N2O3. The number of hydrogen-bond donors (Lipinski definition) is 2. The summed E-state index contributed by atoms with van der Waals surface area (Å²) in [6.45, 7) is 2.97.